The second kappa shape index (κ2) is 7.68. The van der Waals surface area contributed by atoms with Crippen LogP contribution in [0.5, 0.6) is 11.5 Å². The molecule has 0 saturated carbocycles. The number of para-hydroxylation sites is 1. The number of rotatable bonds is 7. The van der Waals surface area contributed by atoms with Gasteiger partial charge in [-0.15, -0.1) is 0 Å². The monoisotopic (exact) mass is 349 g/mol. The van der Waals surface area contributed by atoms with Crippen LogP contribution in [0.4, 0.5) is 0 Å². The van der Waals surface area contributed by atoms with Crippen LogP contribution in [-0.2, 0) is 16.6 Å². The van der Waals surface area contributed by atoms with Gasteiger partial charge in [0, 0.05) is 12.1 Å². The number of nitrogens with one attached hydrogen (secondary N) is 1. The highest BCUT2D eigenvalue weighted by Gasteiger charge is 2.16. The summed E-state index contributed by atoms with van der Waals surface area (Å²) in [6, 6.07) is 12.2. The Morgan fingerprint density at radius 1 is 1.08 bits per heavy atom. The minimum absolute atomic E-state index is 0.0369. The maximum absolute atomic E-state index is 12.5. The molecule has 6 heteroatoms. The van der Waals surface area contributed by atoms with Crippen molar-refractivity contribution in [3.63, 3.8) is 0 Å². The van der Waals surface area contributed by atoms with Crippen molar-refractivity contribution in [2.24, 2.45) is 0 Å². The second-order valence-electron chi connectivity index (χ2n) is 5.73. The zero-order chi connectivity index (χ0) is 17.7. The maximum atomic E-state index is 12.5. The fraction of sp³-hybridized carbons (Fsp3) is 0.333. The first-order valence-corrected chi connectivity index (χ1v) is 9.20. The van der Waals surface area contributed by atoms with Gasteiger partial charge in [0.2, 0.25) is 10.0 Å². The van der Waals surface area contributed by atoms with Crippen molar-refractivity contribution in [3.8, 4) is 11.5 Å². The van der Waals surface area contributed by atoms with Gasteiger partial charge in [-0.3, -0.25) is 0 Å². The van der Waals surface area contributed by atoms with Gasteiger partial charge in [0.25, 0.3) is 0 Å². The van der Waals surface area contributed by atoms with E-state index < -0.39 is 10.0 Å². The quantitative estimate of drug-likeness (QED) is 0.833. The Morgan fingerprint density at radius 3 is 2.42 bits per heavy atom. The molecule has 2 aromatic carbocycles. The molecule has 0 radical (unpaired) electrons. The van der Waals surface area contributed by atoms with Gasteiger partial charge < -0.3 is 9.47 Å². The zero-order valence-corrected chi connectivity index (χ0v) is 15.2. The van der Waals surface area contributed by atoms with E-state index in [9.17, 15) is 8.42 Å². The number of methoxy groups -OCH3 is 1. The first kappa shape index (κ1) is 18.3. The Bertz CT molecular complexity index is 800. The van der Waals surface area contributed by atoms with Crippen LogP contribution in [0.3, 0.4) is 0 Å². The summed E-state index contributed by atoms with van der Waals surface area (Å²) in [5, 5.41) is 0. The van der Waals surface area contributed by atoms with Crippen LogP contribution in [0.2, 0.25) is 0 Å². The molecular formula is C18H23NO4S. The Balaban J connectivity index is 2.17. The van der Waals surface area contributed by atoms with Crippen molar-refractivity contribution in [1.29, 1.82) is 0 Å². The second-order valence-corrected chi connectivity index (χ2v) is 7.50. The Hall–Kier alpha value is -2.05. The molecule has 0 bridgehead atoms. The third kappa shape index (κ3) is 4.49. The summed E-state index contributed by atoms with van der Waals surface area (Å²) >= 11 is 0. The molecule has 0 aliphatic rings. The normalized spacial score (nSPS) is 11.5. The standard InChI is InChI=1S/C18H23NO4S/c1-13(2)23-17-10-9-16(11-14(17)3)24(20,21)19-12-15-7-5-6-8-18(15)22-4/h5-11,13,19H,12H2,1-4H3. The topological polar surface area (TPSA) is 64.6 Å². The van der Waals surface area contributed by atoms with Crippen LogP contribution in [0, 0.1) is 6.92 Å². The van der Waals surface area contributed by atoms with Crippen molar-refractivity contribution >= 4 is 10.0 Å². The third-order valence-electron chi connectivity index (χ3n) is 3.46. The largest absolute Gasteiger partial charge is 0.496 e. The smallest absolute Gasteiger partial charge is 0.240 e. The highest BCUT2D eigenvalue weighted by Crippen LogP contribution is 2.23. The highest BCUT2D eigenvalue weighted by molar-refractivity contribution is 7.89. The van der Waals surface area contributed by atoms with Crippen LogP contribution < -0.4 is 14.2 Å². The Labute approximate surface area is 143 Å². The minimum Gasteiger partial charge on any atom is -0.496 e. The summed E-state index contributed by atoms with van der Waals surface area (Å²) in [4.78, 5) is 0.214. The third-order valence-corrected chi connectivity index (χ3v) is 4.86. The molecule has 0 aromatic heterocycles. The average Bonchev–Trinajstić information content (AvgIpc) is 2.54. The van der Waals surface area contributed by atoms with Gasteiger partial charge in [0.1, 0.15) is 11.5 Å². The van der Waals surface area contributed by atoms with E-state index in [4.69, 9.17) is 9.47 Å². The molecule has 1 N–H and O–H groups in total. The van der Waals surface area contributed by atoms with Crippen LogP contribution in [-0.4, -0.2) is 21.6 Å². The van der Waals surface area contributed by atoms with E-state index in [0.717, 1.165) is 11.1 Å². The first-order chi connectivity index (χ1) is 11.3. The fourth-order valence-electron chi connectivity index (χ4n) is 2.28. The van der Waals surface area contributed by atoms with E-state index in [1.54, 1.807) is 31.4 Å². The maximum Gasteiger partial charge on any atom is 0.240 e. The van der Waals surface area contributed by atoms with Crippen molar-refractivity contribution < 1.29 is 17.9 Å². The molecule has 0 atom stereocenters. The molecule has 5 nitrogen and oxygen atoms in total. The van der Waals surface area contributed by atoms with Crippen LogP contribution in [0.15, 0.2) is 47.4 Å². The van der Waals surface area contributed by atoms with Crippen LogP contribution in [0.25, 0.3) is 0 Å². The summed E-state index contributed by atoms with van der Waals surface area (Å²) in [6.45, 7) is 5.85. The fourth-order valence-corrected chi connectivity index (χ4v) is 3.37. The summed E-state index contributed by atoms with van der Waals surface area (Å²) in [7, 11) is -2.05. The lowest BCUT2D eigenvalue weighted by molar-refractivity contribution is 0.240. The first-order valence-electron chi connectivity index (χ1n) is 7.72. The molecule has 0 saturated heterocycles. The van der Waals surface area contributed by atoms with Gasteiger partial charge >= 0.3 is 0 Å². The minimum atomic E-state index is -3.61. The number of hydrogen-bond donors (Lipinski definition) is 1. The Kier molecular flexibility index (Phi) is 5.85. The molecule has 2 rings (SSSR count). The van der Waals surface area contributed by atoms with Gasteiger partial charge in [-0.2, -0.15) is 0 Å². The van der Waals surface area contributed by atoms with E-state index >= 15 is 0 Å². The molecule has 0 heterocycles. The predicted molar refractivity (Wildman–Crippen MR) is 94.0 cm³/mol. The molecule has 0 spiro atoms. The molecule has 0 aliphatic carbocycles. The van der Waals surface area contributed by atoms with Gasteiger partial charge in [-0.25, -0.2) is 13.1 Å². The van der Waals surface area contributed by atoms with Crippen LogP contribution in [0.1, 0.15) is 25.0 Å². The van der Waals surface area contributed by atoms with Crippen molar-refractivity contribution in [2.75, 3.05) is 7.11 Å². The molecule has 2 aromatic rings. The molecule has 0 amide bonds. The number of ether oxygens (including phenoxy) is 2. The number of benzene rings is 2. The molecule has 0 aliphatic heterocycles. The summed E-state index contributed by atoms with van der Waals surface area (Å²) in [5.41, 5.74) is 1.56. The van der Waals surface area contributed by atoms with E-state index in [1.165, 1.54) is 0 Å². The summed E-state index contributed by atoms with van der Waals surface area (Å²) in [5.74, 6) is 1.34. The number of sulfonamides is 1. The predicted octanol–water partition coefficient (Wildman–Crippen LogP) is 3.27. The van der Waals surface area contributed by atoms with E-state index in [2.05, 4.69) is 4.72 Å². The SMILES string of the molecule is COc1ccccc1CNS(=O)(=O)c1ccc(OC(C)C)c(C)c1. The zero-order valence-electron chi connectivity index (χ0n) is 14.4. The van der Waals surface area contributed by atoms with E-state index in [1.807, 2.05) is 39.0 Å². The van der Waals surface area contributed by atoms with Crippen molar-refractivity contribution in [1.82, 2.24) is 4.72 Å². The lowest BCUT2D eigenvalue weighted by atomic mass is 10.2. The molecule has 130 valence electrons. The van der Waals surface area contributed by atoms with E-state index in [-0.39, 0.29) is 17.5 Å². The lowest BCUT2D eigenvalue weighted by Crippen LogP contribution is -2.23. The van der Waals surface area contributed by atoms with Gasteiger partial charge in [0.15, 0.2) is 0 Å². The van der Waals surface area contributed by atoms with E-state index in [0.29, 0.717) is 11.5 Å². The molecular weight excluding hydrogens is 326 g/mol. The number of aryl methyl sites for hydroxylation is 1. The van der Waals surface area contributed by atoms with Gasteiger partial charge in [-0.1, -0.05) is 18.2 Å². The van der Waals surface area contributed by atoms with Crippen molar-refractivity contribution in [2.45, 2.75) is 38.3 Å². The average molecular weight is 349 g/mol. The molecule has 0 fully saturated rings. The van der Waals surface area contributed by atoms with Crippen molar-refractivity contribution in [3.05, 3.63) is 53.6 Å². The summed E-state index contributed by atoms with van der Waals surface area (Å²) in [6.07, 6.45) is 0.0369. The van der Waals surface area contributed by atoms with Crippen LogP contribution >= 0.6 is 0 Å². The Morgan fingerprint density at radius 2 is 1.79 bits per heavy atom. The number of hydrogen-bond acceptors (Lipinski definition) is 4. The molecule has 0 unspecified atom stereocenters. The van der Waals surface area contributed by atoms with Gasteiger partial charge in [-0.05, 0) is 50.6 Å². The summed E-state index contributed by atoms with van der Waals surface area (Å²) < 4.78 is 38.5. The van der Waals surface area contributed by atoms with Gasteiger partial charge in [0.05, 0.1) is 18.1 Å². The highest BCUT2D eigenvalue weighted by atomic mass is 32.2. The molecule has 24 heavy (non-hydrogen) atoms. The lowest BCUT2D eigenvalue weighted by Gasteiger charge is -2.14.